The number of nitrogens with zero attached hydrogens (tertiary/aromatic N) is 1. The van der Waals surface area contributed by atoms with Gasteiger partial charge in [-0.2, -0.15) is 0 Å². The summed E-state index contributed by atoms with van der Waals surface area (Å²) in [5.41, 5.74) is 1.48. The summed E-state index contributed by atoms with van der Waals surface area (Å²) < 4.78 is 18.9. The fourth-order valence-corrected chi connectivity index (χ4v) is 2.48. The molecule has 1 N–H and O–H groups in total. The Balaban J connectivity index is 1.95. The number of nitrogens with one attached hydrogen (secondary N) is 1. The molecule has 0 spiro atoms. The van der Waals surface area contributed by atoms with Crippen molar-refractivity contribution in [2.45, 2.75) is 32.9 Å². The quantitative estimate of drug-likeness (QED) is 0.924. The summed E-state index contributed by atoms with van der Waals surface area (Å²) in [6.45, 7) is 7.99. The Labute approximate surface area is 125 Å². The predicted octanol–water partition coefficient (Wildman–Crippen LogP) is 2.03. The second-order valence-corrected chi connectivity index (χ2v) is 5.56. The Kier molecular flexibility index (Phi) is 5.31. The molecule has 21 heavy (non-hydrogen) atoms. The molecule has 1 heterocycles. The Morgan fingerprint density at radius 1 is 1.33 bits per heavy atom. The SMILES string of the molecule is Cc1ccc(C(C)NC(C)C(=O)N2CCOCC2)cc1F. The number of carbonyl (C=O) groups excluding carboxylic acids is 1. The second-order valence-electron chi connectivity index (χ2n) is 5.56. The summed E-state index contributed by atoms with van der Waals surface area (Å²) in [5.74, 6) is -0.147. The number of ether oxygens (including phenoxy) is 1. The highest BCUT2D eigenvalue weighted by Crippen LogP contribution is 2.17. The molecule has 1 aromatic carbocycles. The fourth-order valence-electron chi connectivity index (χ4n) is 2.48. The molecule has 1 aromatic rings. The highest BCUT2D eigenvalue weighted by molar-refractivity contribution is 5.81. The van der Waals surface area contributed by atoms with E-state index in [9.17, 15) is 9.18 Å². The standard InChI is InChI=1S/C16H23FN2O2/c1-11-4-5-14(10-15(11)17)12(2)18-13(3)16(20)19-6-8-21-9-7-19/h4-5,10,12-13,18H,6-9H2,1-3H3. The van der Waals surface area contributed by atoms with Gasteiger partial charge in [0.2, 0.25) is 5.91 Å². The number of rotatable bonds is 4. The third-order valence-corrected chi connectivity index (χ3v) is 3.89. The van der Waals surface area contributed by atoms with Crippen LogP contribution in [0.5, 0.6) is 0 Å². The molecule has 2 unspecified atom stereocenters. The normalized spacial score (nSPS) is 18.4. The molecule has 5 heteroatoms. The molecule has 1 amide bonds. The van der Waals surface area contributed by atoms with E-state index in [4.69, 9.17) is 4.74 Å². The first-order chi connectivity index (χ1) is 9.99. The second kappa shape index (κ2) is 7.00. The molecule has 0 saturated carbocycles. The van der Waals surface area contributed by atoms with Gasteiger partial charge in [-0.3, -0.25) is 10.1 Å². The third kappa shape index (κ3) is 4.02. The lowest BCUT2D eigenvalue weighted by Gasteiger charge is -2.30. The zero-order valence-corrected chi connectivity index (χ0v) is 12.9. The number of amides is 1. The summed E-state index contributed by atoms with van der Waals surface area (Å²) in [4.78, 5) is 14.1. The van der Waals surface area contributed by atoms with Crippen LogP contribution in [0.3, 0.4) is 0 Å². The first kappa shape index (κ1) is 15.9. The number of hydrogen-bond acceptors (Lipinski definition) is 3. The maximum Gasteiger partial charge on any atom is 0.239 e. The molecule has 0 aromatic heterocycles. The molecule has 2 atom stereocenters. The summed E-state index contributed by atoms with van der Waals surface area (Å²) in [5, 5.41) is 3.24. The summed E-state index contributed by atoms with van der Waals surface area (Å²) in [7, 11) is 0. The maximum atomic E-state index is 13.6. The van der Waals surface area contributed by atoms with Crippen molar-refractivity contribution in [1.82, 2.24) is 10.2 Å². The molecule has 0 bridgehead atoms. The summed E-state index contributed by atoms with van der Waals surface area (Å²) >= 11 is 0. The Morgan fingerprint density at radius 2 is 2.00 bits per heavy atom. The fraction of sp³-hybridized carbons (Fsp3) is 0.562. The van der Waals surface area contributed by atoms with Crippen molar-refractivity contribution in [2.75, 3.05) is 26.3 Å². The van der Waals surface area contributed by atoms with Crippen molar-refractivity contribution >= 4 is 5.91 Å². The van der Waals surface area contributed by atoms with E-state index in [0.29, 0.717) is 31.9 Å². The molecular formula is C16H23FN2O2. The van der Waals surface area contributed by atoms with Crippen molar-refractivity contribution in [3.8, 4) is 0 Å². The lowest BCUT2D eigenvalue weighted by atomic mass is 10.0. The van der Waals surface area contributed by atoms with Gasteiger partial charge in [0.15, 0.2) is 0 Å². The van der Waals surface area contributed by atoms with Crippen LogP contribution in [0.15, 0.2) is 18.2 Å². The van der Waals surface area contributed by atoms with E-state index in [0.717, 1.165) is 5.56 Å². The van der Waals surface area contributed by atoms with Gasteiger partial charge >= 0.3 is 0 Å². The van der Waals surface area contributed by atoms with Crippen LogP contribution >= 0.6 is 0 Å². The molecule has 1 saturated heterocycles. The number of carbonyl (C=O) groups is 1. The van der Waals surface area contributed by atoms with Crippen LogP contribution in [0, 0.1) is 12.7 Å². The molecule has 0 aliphatic carbocycles. The average Bonchev–Trinajstić information content (AvgIpc) is 2.50. The largest absolute Gasteiger partial charge is 0.378 e. The van der Waals surface area contributed by atoms with Crippen molar-refractivity contribution in [3.63, 3.8) is 0 Å². The van der Waals surface area contributed by atoms with Crippen molar-refractivity contribution in [1.29, 1.82) is 0 Å². The van der Waals surface area contributed by atoms with Crippen LogP contribution in [0.1, 0.15) is 31.0 Å². The monoisotopic (exact) mass is 294 g/mol. The van der Waals surface area contributed by atoms with E-state index < -0.39 is 0 Å². The highest BCUT2D eigenvalue weighted by atomic mass is 19.1. The summed E-state index contributed by atoms with van der Waals surface area (Å²) in [6, 6.07) is 4.79. The van der Waals surface area contributed by atoms with Gasteiger partial charge in [-0.05, 0) is 38.0 Å². The van der Waals surface area contributed by atoms with Gasteiger partial charge in [0.05, 0.1) is 19.3 Å². The number of benzene rings is 1. The molecule has 4 nitrogen and oxygen atoms in total. The van der Waals surface area contributed by atoms with Crippen molar-refractivity contribution in [3.05, 3.63) is 35.1 Å². The lowest BCUT2D eigenvalue weighted by molar-refractivity contribution is -0.137. The molecule has 2 rings (SSSR count). The third-order valence-electron chi connectivity index (χ3n) is 3.89. The smallest absolute Gasteiger partial charge is 0.239 e. The molecule has 1 fully saturated rings. The van der Waals surface area contributed by atoms with Crippen LogP contribution in [-0.2, 0) is 9.53 Å². The molecular weight excluding hydrogens is 271 g/mol. The van der Waals surface area contributed by atoms with E-state index in [2.05, 4.69) is 5.32 Å². The van der Waals surface area contributed by atoms with Gasteiger partial charge in [0.1, 0.15) is 5.82 Å². The maximum absolute atomic E-state index is 13.6. The number of hydrogen-bond donors (Lipinski definition) is 1. The summed E-state index contributed by atoms with van der Waals surface area (Å²) in [6.07, 6.45) is 0. The van der Waals surface area contributed by atoms with E-state index in [1.807, 2.05) is 24.8 Å². The molecule has 1 aliphatic heterocycles. The Hall–Kier alpha value is -1.46. The minimum absolute atomic E-state index is 0.0673. The molecule has 1 aliphatic rings. The van der Waals surface area contributed by atoms with E-state index in [1.165, 1.54) is 6.07 Å². The van der Waals surface area contributed by atoms with Gasteiger partial charge in [-0.1, -0.05) is 12.1 Å². The van der Waals surface area contributed by atoms with E-state index in [-0.39, 0.29) is 23.8 Å². The minimum atomic E-state index is -0.303. The lowest BCUT2D eigenvalue weighted by Crippen LogP contribution is -2.49. The highest BCUT2D eigenvalue weighted by Gasteiger charge is 2.23. The topological polar surface area (TPSA) is 41.6 Å². The number of morpholine rings is 1. The molecule has 0 radical (unpaired) electrons. The van der Waals surface area contributed by atoms with E-state index >= 15 is 0 Å². The van der Waals surface area contributed by atoms with Crippen LogP contribution in [0.2, 0.25) is 0 Å². The Bertz CT molecular complexity index is 501. The van der Waals surface area contributed by atoms with E-state index in [1.54, 1.807) is 13.0 Å². The first-order valence-electron chi connectivity index (χ1n) is 7.37. The minimum Gasteiger partial charge on any atom is -0.378 e. The predicted molar refractivity (Wildman–Crippen MR) is 79.5 cm³/mol. The Morgan fingerprint density at radius 3 is 2.62 bits per heavy atom. The molecule has 116 valence electrons. The van der Waals surface area contributed by atoms with Crippen LogP contribution < -0.4 is 5.32 Å². The van der Waals surface area contributed by atoms with Crippen LogP contribution in [0.4, 0.5) is 4.39 Å². The zero-order chi connectivity index (χ0) is 15.4. The van der Waals surface area contributed by atoms with Crippen LogP contribution in [-0.4, -0.2) is 43.2 Å². The average molecular weight is 294 g/mol. The number of aryl methyl sites for hydroxylation is 1. The van der Waals surface area contributed by atoms with Gasteiger partial charge < -0.3 is 9.64 Å². The van der Waals surface area contributed by atoms with Crippen molar-refractivity contribution in [2.24, 2.45) is 0 Å². The van der Waals surface area contributed by atoms with Gasteiger partial charge in [0, 0.05) is 19.1 Å². The zero-order valence-electron chi connectivity index (χ0n) is 12.9. The van der Waals surface area contributed by atoms with Gasteiger partial charge in [-0.15, -0.1) is 0 Å². The van der Waals surface area contributed by atoms with Gasteiger partial charge in [0.25, 0.3) is 0 Å². The van der Waals surface area contributed by atoms with Gasteiger partial charge in [-0.25, -0.2) is 4.39 Å². The van der Waals surface area contributed by atoms with Crippen LogP contribution in [0.25, 0.3) is 0 Å². The first-order valence-corrected chi connectivity index (χ1v) is 7.37. The van der Waals surface area contributed by atoms with Crippen molar-refractivity contribution < 1.29 is 13.9 Å². The number of halogens is 1.